The molecule has 43 heavy (non-hydrogen) atoms. The number of anilines is 2. The van der Waals surface area contributed by atoms with E-state index in [2.05, 4.69) is 10.0 Å². The van der Waals surface area contributed by atoms with Gasteiger partial charge in [0.2, 0.25) is 15.8 Å². The van der Waals surface area contributed by atoms with E-state index in [1.165, 1.54) is 11.0 Å². The summed E-state index contributed by atoms with van der Waals surface area (Å²) in [4.78, 5) is 41.2. The molecular weight excluding hydrogens is 580 g/mol. The predicted molar refractivity (Wildman–Crippen MR) is 159 cm³/mol. The third-order valence-corrected chi connectivity index (χ3v) is 9.83. The Labute approximate surface area is 250 Å². The van der Waals surface area contributed by atoms with Crippen LogP contribution in [0.5, 0.6) is 5.75 Å². The number of Topliss-reactive ketones (excluding diaryl/α,β-unsaturated/α-hetero) is 2. The summed E-state index contributed by atoms with van der Waals surface area (Å²) in [5.74, 6) is -8.07. The van der Waals surface area contributed by atoms with Crippen molar-refractivity contribution >= 4 is 38.9 Å². The maximum Gasteiger partial charge on any atom is 0.255 e. The number of aliphatic hydroxyl groups excluding tert-OH is 2. The Balaban J connectivity index is 1.94. The van der Waals surface area contributed by atoms with Gasteiger partial charge in [-0.15, -0.1) is 0 Å². The number of carbonyl (C=O) groups excluding carboxylic acids is 3. The third-order valence-electron chi connectivity index (χ3n) is 8.06. The lowest BCUT2D eigenvalue weighted by atomic mass is 9.58. The van der Waals surface area contributed by atoms with Crippen molar-refractivity contribution in [2.24, 2.45) is 23.0 Å². The lowest BCUT2D eigenvalue weighted by Gasteiger charge is -2.50. The summed E-state index contributed by atoms with van der Waals surface area (Å²) in [6.07, 6.45) is -0.000220. The number of hydrogen-bond donors (Lipinski definition) is 7. The highest BCUT2D eigenvalue weighted by Crippen LogP contribution is 2.53. The Morgan fingerprint density at radius 2 is 1.77 bits per heavy atom. The van der Waals surface area contributed by atoms with Crippen molar-refractivity contribution in [3.8, 4) is 5.75 Å². The first-order valence-corrected chi connectivity index (χ1v) is 15.6. The number of phenols is 1. The maximum atomic E-state index is 14.1. The fourth-order valence-corrected chi connectivity index (χ4v) is 8.31. The number of carbonyl (C=O) groups is 3. The fourth-order valence-electron chi connectivity index (χ4n) is 6.61. The largest absolute Gasteiger partial charge is 0.510 e. The van der Waals surface area contributed by atoms with Crippen molar-refractivity contribution in [1.29, 1.82) is 0 Å². The zero-order chi connectivity index (χ0) is 32.6. The molecule has 4 atom stereocenters. The van der Waals surface area contributed by atoms with E-state index < -0.39 is 79.2 Å². The molecule has 0 aromatic heterocycles. The van der Waals surface area contributed by atoms with E-state index in [1.807, 2.05) is 13.8 Å². The van der Waals surface area contributed by atoms with Crippen LogP contribution in [0.4, 0.5) is 11.4 Å². The highest BCUT2D eigenvalue weighted by Gasteiger charge is 2.63. The zero-order valence-corrected chi connectivity index (χ0v) is 26.1. The van der Waals surface area contributed by atoms with Crippen LogP contribution in [0, 0.1) is 17.3 Å². The number of primary amides is 1. The molecule has 14 heteroatoms. The second-order valence-corrected chi connectivity index (χ2v) is 15.1. The van der Waals surface area contributed by atoms with Crippen molar-refractivity contribution in [1.82, 2.24) is 4.90 Å². The SMILES string of the molecule is CC(C)Nc1cc(NS(=O)(=O)CC(C)(C)C)c(O)c2c1CC1CC3[C@H](N(C)C)C(O)=C(C(N)=O)C(=O)C3(O)C(O)=C1C2=O. The number of benzene rings is 1. The third kappa shape index (κ3) is 5.36. The predicted octanol–water partition coefficient (Wildman–Crippen LogP) is 1.73. The van der Waals surface area contributed by atoms with Crippen molar-refractivity contribution in [3.63, 3.8) is 0 Å². The molecule has 8 N–H and O–H groups in total. The molecule has 1 aromatic carbocycles. The van der Waals surface area contributed by atoms with E-state index >= 15 is 0 Å². The number of phenolic OH excluding ortho intramolecular Hbond substituents is 1. The number of aromatic hydroxyl groups is 1. The smallest absolute Gasteiger partial charge is 0.255 e. The summed E-state index contributed by atoms with van der Waals surface area (Å²) in [5.41, 5.74) is 0.954. The number of amides is 1. The van der Waals surface area contributed by atoms with Crippen LogP contribution in [0.15, 0.2) is 28.7 Å². The van der Waals surface area contributed by atoms with Crippen molar-refractivity contribution < 1.29 is 43.2 Å². The Kier molecular flexibility index (Phi) is 7.91. The molecule has 0 heterocycles. The van der Waals surface area contributed by atoms with E-state index in [9.17, 15) is 43.2 Å². The Bertz CT molecular complexity index is 1590. The molecule has 1 aromatic rings. The zero-order valence-electron chi connectivity index (χ0n) is 25.3. The average Bonchev–Trinajstić information content (AvgIpc) is 2.81. The number of nitrogens with zero attached hydrogens (tertiary/aromatic N) is 1. The molecule has 236 valence electrons. The van der Waals surface area contributed by atoms with Crippen LogP contribution in [-0.4, -0.2) is 88.8 Å². The topological polar surface area (TPSA) is 220 Å². The van der Waals surface area contributed by atoms with Crippen LogP contribution in [-0.2, 0) is 26.0 Å². The molecule has 3 unspecified atom stereocenters. The van der Waals surface area contributed by atoms with E-state index in [0.29, 0.717) is 11.3 Å². The highest BCUT2D eigenvalue weighted by atomic mass is 32.2. The van der Waals surface area contributed by atoms with Gasteiger partial charge < -0.3 is 31.5 Å². The number of aliphatic hydroxyl groups is 3. The number of hydrogen-bond acceptors (Lipinski definition) is 11. The van der Waals surface area contributed by atoms with Crippen molar-refractivity contribution in [2.45, 2.75) is 65.1 Å². The monoisotopic (exact) mass is 620 g/mol. The van der Waals surface area contributed by atoms with Crippen LogP contribution in [0.2, 0.25) is 0 Å². The van der Waals surface area contributed by atoms with Gasteiger partial charge in [-0.3, -0.25) is 24.0 Å². The molecule has 4 rings (SSSR count). The number of sulfonamides is 1. The lowest BCUT2D eigenvalue weighted by Crippen LogP contribution is -2.63. The fraction of sp³-hybridized carbons (Fsp3) is 0.552. The van der Waals surface area contributed by atoms with E-state index in [-0.39, 0.29) is 41.5 Å². The maximum absolute atomic E-state index is 14.1. The Hall–Kier alpha value is -3.62. The van der Waals surface area contributed by atoms with E-state index in [1.54, 1.807) is 34.9 Å². The van der Waals surface area contributed by atoms with Crippen molar-refractivity contribution in [3.05, 3.63) is 39.9 Å². The number of allylic oxidation sites excluding steroid dienone is 1. The normalized spacial score (nSPS) is 26.0. The summed E-state index contributed by atoms with van der Waals surface area (Å²) in [6, 6.07) is 0.148. The molecule has 0 fully saturated rings. The minimum atomic E-state index is -3.98. The van der Waals surface area contributed by atoms with Crippen LogP contribution in [0.1, 0.15) is 57.0 Å². The molecule has 0 aliphatic heterocycles. The summed E-state index contributed by atoms with van der Waals surface area (Å²) in [5, 5.41) is 48.7. The first kappa shape index (κ1) is 32.3. The summed E-state index contributed by atoms with van der Waals surface area (Å²) >= 11 is 0. The second kappa shape index (κ2) is 10.5. The molecular formula is C29H40N4O9S. The molecule has 3 aliphatic rings. The van der Waals surface area contributed by atoms with Gasteiger partial charge in [0.25, 0.3) is 5.91 Å². The van der Waals surface area contributed by atoms with Gasteiger partial charge in [-0.2, -0.15) is 0 Å². The number of ketones is 2. The molecule has 1 amide bonds. The average molecular weight is 621 g/mol. The summed E-state index contributed by atoms with van der Waals surface area (Å²) in [7, 11) is -0.870. The van der Waals surface area contributed by atoms with Gasteiger partial charge >= 0.3 is 0 Å². The van der Waals surface area contributed by atoms with Gasteiger partial charge in [-0.05, 0) is 63.7 Å². The number of rotatable bonds is 7. The van der Waals surface area contributed by atoms with Gasteiger partial charge in [-0.25, -0.2) is 8.42 Å². The van der Waals surface area contributed by atoms with Crippen molar-refractivity contribution in [2.75, 3.05) is 29.9 Å². The van der Waals surface area contributed by atoms with E-state index in [0.717, 1.165) is 0 Å². The quantitative estimate of drug-likeness (QED) is 0.132. The first-order chi connectivity index (χ1) is 19.6. The molecule has 0 bridgehead atoms. The van der Waals surface area contributed by atoms with Crippen LogP contribution < -0.4 is 15.8 Å². The Morgan fingerprint density at radius 1 is 1.16 bits per heavy atom. The van der Waals surface area contributed by atoms with Gasteiger partial charge in [0, 0.05) is 23.2 Å². The van der Waals surface area contributed by atoms with Gasteiger partial charge in [-0.1, -0.05) is 20.8 Å². The second-order valence-electron chi connectivity index (χ2n) is 13.4. The summed E-state index contributed by atoms with van der Waals surface area (Å²) in [6.45, 7) is 8.88. The standard InChI is InChI=1S/C29H40N4O9S/c1-12(2)31-16-10-17(32-43(41,42)11-28(3,4)5)22(34)19-14(16)8-13-9-15-21(33(6)7)24(36)20(27(30)39)26(38)29(15,40)25(37)18(13)23(19)35/h10,12-13,15,21,31-32,34,36-37,40H,8-9,11H2,1-7H3,(H2,30,39)/t13?,15?,21-,29?/m0/s1. The first-order valence-electron chi connectivity index (χ1n) is 13.9. The molecule has 0 radical (unpaired) electrons. The van der Waals surface area contributed by atoms with Crippen LogP contribution >= 0.6 is 0 Å². The van der Waals surface area contributed by atoms with Gasteiger partial charge in [0.15, 0.2) is 17.1 Å². The number of likely N-dealkylation sites (N-methyl/N-ethyl adjacent to an activating group) is 1. The number of nitrogens with one attached hydrogen (secondary N) is 2. The van der Waals surface area contributed by atoms with Crippen LogP contribution in [0.25, 0.3) is 0 Å². The van der Waals surface area contributed by atoms with E-state index in [4.69, 9.17) is 5.73 Å². The minimum absolute atomic E-state index is 0.0617. The molecule has 3 aliphatic carbocycles. The molecule has 13 nitrogen and oxygen atoms in total. The molecule has 0 saturated heterocycles. The molecule has 0 saturated carbocycles. The van der Waals surface area contributed by atoms with Gasteiger partial charge in [0.1, 0.15) is 17.1 Å². The highest BCUT2D eigenvalue weighted by molar-refractivity contribution is 7.92. The van der Waals surface area contributed by atoms with Crippen LogP contribution in [0.3, 0.4) is 0 Å². The lowest BCUT2D eigenvalue weighted by molar-refractivity contribution is -0.148. The Morgan fingerprint density at radius 3 is 2.28 bits per heavy atom. The van der Waals surface area contributed by atoms with Gasteiger partial charge in [0.05, 0.1) is 23.0 Å². The number of nitrogens with two attached hydrogens (primary N) is 1. The summed E-state index contributed by atoms with van der Waals surface area (Å²) < 4.78 is 28.3. The number of fused-ring (bicyclic) bond motifs is 3. The molecule has 0 spiro atoms. The minimum Gasteiger partial charge on any atom is -0.510 e.